The maximum atomic E-state index is 13.1. The minimum atomic E-state index is -0.486. The molecule has 0 bridgehead atoms. The van der Waals surface area contributed by atoms with Crippen LogP contribution in [0.25, 0.3) is 22.8 Å². The van der Waals surface area contributed by atoms with Crippen molar-refractivity contribution in [1.82, 2.24) is 39.9 Å². The number of methoxy groups -OCH3 is 1. The molecule has 0 unspecified atom stereocenters. The average molecular weight is 635 g/mol. The summed E-state index contributed by atoms with van der Waals surface area (Å²) >= 11 is 0. The number of rotatable bonds is 11. The van der Waals surface area contributed by atoms with Gasteiger partial charge < -0.3 is 15.4 Å². The van der Waals surface area contributed by atoms with E-state index in [0.717, 1.165) is 34.4 Å². The van der Waals surface area contributed by atoms with Crippen molar-refractivity contribution in [2.24, 2.45) is 0 Å². The molecule has 47 heavy (non-hydrogen) atoms. The van der Waals surface area contributed by atoms with Crippen molar-refractivity contribution in [1.29, 1.82) is 0 Å². The van der Waals surface area contributed by atoms with Gasteiger partial charge in [0.15, 0.2) is 0 Å². The fourth-order valence-electron chi connectivity index (χ4n) is 4.45. The molecule has 6 rings (SSSR count). The Morgan fingerprint density at radius 1 is 0.681 bits per heavy atom. The summed E-state index contributed by atoms with van der Waals surface area (Å²) < 4.78 is 18.4. The molecule has 0 radical (unpaired) electrons. The van der Waals surface area contributed by atoms with Crippen LogP contribution < -0.4 is 26.7 Å². The Hall–Kier alpha value is -6.31. The SMILES string of the molecule is COc1ccccc1CCNc1nc(-c2ccncc2)[nH]c(=O)n1.O=c1nc(NCCc2cccc(F)c2)nc(-c2ccncc2)[nH]1. The fourth-order valence-corrected chi connectivity index (χ4v) is 4.45. The Kier molecular flexibility index (Phi) is 11.0. The highest BCUT2D eigenvalue weighted by atomic mass is 19.1. The maximum absolute atomic E-state index is 13.1. The van der Waals surface area contributed by atoms with Crippen LogP contribution in [0.2, 0.25) is 0 Å². The van der Waals surface area contributed by atoms with Gasteiger partial charge in [-0.2, -0.15) is 19.9 Å². The molecule has 0 spiro atoms. The van der Waals surface area contributed by atoms with Gasteiger partial charge in [-0.25, -0.2) is 14.0 Å². The molecule has 0 saturated carbocycles. The maximum Gasteiger partial charge on any atom is 0.349 e. The molecule has 0 aliphatic heterocycles. The molecule has 0 atom stereocenters. The second-order valence-electron chi connectivity index (χ2n) is 9.92. The lowest BCUT2D eigenvalue weighted by atomic mass is 10.1. The molecular weight excluding hydrogens is 603 g/mol. The topological polar surface area (TPSA) is 176 Å². The van der Waals surface area contributed by atoms with Crippen molar-refractivity contribution in [3.8, 4) is 28.5 Å². The third-order valence-corrected chi connectivity index (χ3v) is 6.66. The predicted molar refractivity (Wildman–Crippen MR) is 176 cm³/mol. The van der Waals surface area contributed by atoms with Gasteiger partial charge in [-0.3, -0.25) is 19.9 Å². The highest BCUT2D eigenvalue weighted by molar-refractivity contribution is 5.55. The lowest BCUT2D eigenvalue weighted by molar-refractivity contribution is 0.410. The number of nitrogens with zero attached hydrogens (tertiary/aromatic N) is 6. The van der Waals surface area contributed by atoms with Crippen LogP contribution in [0.15, 0.2) is 107 Å². The summed E-state index contributed by atoms with van der Waals surface area (Å²) in [6.45, 7) is 1.07. The van der Waals surface area contributed by atoms with Crippen LogP contribution in [-0.4, -0.2) is 60.1 Å². The van der Waals surface area contributed by atoms with E-state index < -0.39 is 11.4 Å². The van der Waals surface area contributed by atoms with Crippen LogP contribution in [0.5, 0.6) is 5.75 Å². The molecule has 6 aromatic rings. The number of ether oxygens (including phenoxy) is 1. The number of hydrogen-bond acceptors (Lipinski definition) is 11. The number of H-pyrrole nitrogens is 2. The molecule has 0 amide bonds. The number of hydrogen-bond donors (Lipinski definition) is 4. The van der Waals surface area contributed by atoms with Crippen molar-refractivity contribution in [3.05, 3.63) is 135 Å². The van der Waals surface area contributed by atoms with Crippen LogP contribution >= 0.6 is 0 Å². The average Bonchev–Trinajstić information content (AvgIpc) is 3.09. The lowest BCUT2D eigenvalue weighted by Crippen LogP contribution is -2.18. The van der Waals surface area contributed by atoms with Crippen molar-refractivity contribution >= 4 is 11.9 Å². The number of aromatic amines is 2. The number of benzene rings is 2. The number of nitrogens with one attached hydrogen (secondary N) is 4. The van der Waals surface area contributed by atoms with E-state index in [1.807, 2.05) is 30.3 Å². The number of pyridine rings is 2. The first-order valence-electron chi connectivity index (χ1n) is 14.6. The van der Waals surface area contributed by atoms with Crippen LogP contribution in [0.4, 0.5) is 16.3 Å². The first-order valence-corrected chi connectivity index (χ1v) is 14.6. The van der Waals surface area contributed by atoms with Gasteiger partial charge in [-0.05, 0) is 66.4 Å². The molecule has 13 nitrogen and oxygen atoms in total. The monoisotopic (exact) mass is 634 g/mol. The number of halogens is 1. The molecule has 0 aliphatic rings. The van der Waals surface area contributed by atoms with Crippen molar-refractivity contribution in [2.75, 3.05) is 30.8 Å². The Morgan fingerprint density at radius 2 is 1.23 bits per heavy atom. The van der Waals surface area contributed by atoms with Gasteiger partial charge in [-0.15, -0.1) is 0 Å². The van der Waals surface area contributed by atoms with Gasteiger partial charge in [0.25, 0.3) is 0 Å². The number of para-hydroxylation sites is 1. The van der Waals surface area contributed by atoms with Gasteiger partial charge in [0.1, 0.15) is 23.2 Å². The minimum Gasteiger partial charge on any atom is -0.496 e. The Labute approximate surface area is 268 Å². The summed E-state index contributed by atoms with van der Waals surface area (Å²) in [5.74, 6) is 1.97. The van der Waals surface area contributed by atoms with E-state index in [-0.39, 0.29) is 11.8 Å². The molecule has 4 aromatic heterocycles. The van der Waals surface area contributed by atoms with Gasteiger partial charge in [0.2, 0.25) is 11.9 Å². The predicted octanol–water partition coefficient (Wildman–Crippen LogP) is 3.91. The molecular formula is C33H31FN10O3. The molecule has 2 aromatic carbocycles. The first-order chi connectivity index (χ1) is 23.0. The normalized spacial score (nSPS) is 10.4. The zero-order valence-electron chi connectivity index (χ0n) is 25.4. The summed E-state index contributed by atoms with van der Waals surface area (Å²) in [4.78, 5) is 52.7. The van der Waals surface area contributed by atoms with Crippen molar-refractivity contribution in [3.63, 3.8) is 0 Å². The second-order valence-corrected chi connectivity index (χ2v) is 9.92. The standard InChI is InChI=1S/C17H17N5O2.C16H14FN5O/c1-24-14-5-3-2-4-12(14)8-11-19-16-20-15(21-17(23)22-16)13-6-9-18-10-7-13;17-13-3-1-2-11(10-13)4-9-19-15-20-14(21-16(23)22-15)12-5-7-18-8-6-12/h2-7,9-10H,8,11H2,1H3,(H2,19,20,21,22,23);1-3,5-8,10H,4,9H2,(H2,19,20,21,22,23). The molecule has 4 N–H and O–H groups in total. The molecule has 0 aliphatic carbocycles. The molecule has 14 heteroatoms. The number of anilines is 2. The summed E-state index contributed by atoms with van der Waals surface area (Å²) in [6.07, 6.45) is 7.85. The van der Waals surface area contributed by atoms with Crippen LogP contribution in [0.1, 0.15) is 11.1 Å². The van der Waals surface area contributed by atoms with Crippen LogP contribution in [-0.2, 0) is 12.8 Å². The third kappa shape index (κ3) is 9.59. The van der Waals surface area contributed by atoms with E-state index in [0.29, 0.717) is 37.1 Å². The number of aromatic nitrogens is 8. The highest BCUT2D eigenvalue weighted by Gasteiger charge is 2.07. The summed E-state index contributed by atoms with van der Waals surface area (Å²) in [7, 11) is 1.65. The quantitative estimate of drug-likeness (QED) is 0.163. The van der Waals surface area contributed by atoms with Gasteiger partial charge >= 0.3 is 11.4 Å². The highest BCUT2D eigenvalue weighted by Crippen LogP contribution is 2.18. The van der Waals surface area contributed by atoms with Crippen LogP contribution in [0.3, 0.4) is 0 Å². The smallest absolute Gasteiger partial charge is 0.349 e. The largest absolute Gasteiger partial charge is 0.496 e. The van der Waals surface area contributed by atoms with E-state index in [9.17, 15) is 14.0 Å². The fraction of sp³-hybridized carbons (Fsp3) is 0.152. The minimum absolute atomic E-state index is 0.233. The Balaban J connectivity index is 0.000000185. The van der Waals surface area contributed by atoms with E-state index in [1.165, 1.54) is 12.1 Å². The van der Waals surface area contributed by atoms with E-state index in [1.54, 1.807) is 62.2 Å². The Morgan fingerprint density at radius 3 is 1.79 bits per heavy atom. The van der Waals surface area contributed by atoms with E-state index >= 15 is 0 Å². The van der Waals surface area contributed by atoms with Crippen molar-refractivity contribution < 1.29 is 9.13 Å². The van der Waals surface area contributed by atoms with E-state index in [4.69, 9.17) is 4.74 Å². The summed E-state index contributed by atoms with van der Waals surface area (Å²) in [5, 5.41) is 6.07. The molecule has 0 saturated heterocycles. The molecule has 4 heterocycles. The Bertz CT molecular complexity index is 2010. The molecule has 0 fully saturated rings. The van der Waals surface area contributed by atoms with Gasteiger partial charge in [-0.1, -0.05) is 30.3 Å². The molecule has 238 valence electrons. The zero-order chi connectivity index (χ0) is 32.8. The van der Waals surface area contributed by atoms with E-state index in [2.05, 4.69) is 50.5 Å². The van der Waals surface area contributed by atoms with Crippen LogP contribution in [0, 0.1) is 5.82 Å². The summed E-state index contributed by atoms with van der Waals surface area (Å²) in [6, 6.07) is 21.2. The van der Waals surface area contributed by atoms with Gasteiger partial charge in [0.05, 0.1) is 7.11 Å². The zero-order valence-corrected chi connectivity index (χ0v) is 25.4. The van der Waals surface area contributed by atoms with Crippen molar-refractivity contribution in [2.45, 2.75) is 12.8 Å². The second kappa shape index (κ2) is 16.1. The third-order valence-electron chi connectivity index (χ3n) is 6.66. The summed E-state index contributed by atoms with van der Waals surface area (Å²) in [5.41, 5.74) is 2.52. The van der Waals surface area contributed by atoms with Gasteiger partial charge in [0, 0.05) is 49.0 Å². The lowest BCUT2D eigenvalue weighted by Gasteiger charge is -2.09. The first kappa shape index (κ1) is 32.1.